The Hall–Kier alpha value is -2.31. The fourth-order valence-electron chi connectivity index (χ4n) is 3.59. The van der Waals surface area contributed by atoms with Gasteiger partial charge in [0.1, 0.15) is 6.04 Å². The lowest BCUT2D eigenvalue weighted by molar-refractivity contribution is -0.142. The second-order valence-corrected chi connectivity index (χ2v) is 8.47. The first-order valence-corrected chi connectivity index (χ1v) is 11.0. The van der Waals surface area contributed by atoms with E-state index in [4.69, 9.17) is 27.9 Å². The summed E-state index contributed by atoms with van der Waals surface area (Å²) in [5.74, 6) is -1.25. The van der Waals surface area contributed by atoms with Gasteiger partial charge in [-0.3, -0.25) is 9.59 Å². The summed E-state index contributed by atoms with van der Waals surface area (Å²) in [4.78, 5) is 27.2. The summed E-state index contributed by atoms with van der Waals surface area (Å²) in [5.41, 5.74) is 0.717. The molecule has 0 saturated heterocycles. The molecule has 2 aromatic rings. The Bertz CT molecular complexity index is 935. The Morgan fingerprint density at radius 1 is 1.16 bits per heavy atom. The van der Waals surface area contributed by atoms with Crippen LogP contribution < -0.4 is 10.1 Å². The van der Waals surface area contributed by atoms with Crippen LogP contribution in [0.3, 0.4) is 0 Å². The zero-order valence-electron chi connectivity index (χ0n) is 17.2. The summed E-state index contributed by atoms with van der Waals surface area (Å²) in [6, 6.07) is 10.3. The van der Waals surface area contributed by atoms with E-state index in [9.17, 15) is 14.0 Å². The normalized spacial score (nSPS) is 14.8. The predicted molar refractivity (Wildman–Crippen MR) is 119 cm³/mol. The fourth-order valence-corrected chi connectivity index (χ4v) is 3.91. The molecule has 3 rings (SSSR count). The molecule has 0 radical (unpaired) electrons. The minimum absolute atomic E-state index is 0.0200. The first kappa shape index (κ1) is 23.4. The zero-order valence-corrected chi connectivity index (χ0v) is 18.8. The van der Waals surface area contributed by atoms with Crippen LogP contribution in [0.1, 0.15) is 38.2 Å². The molecular formula is C23H25Cl2FN2O3. The van der Waals surface area contributed by atoms with E-state index >= 15 is 0 Å². The van der Waals surface area contributed by atoms with Gasteiger partial charge in [-0.1, -0.05) is 54.2 Å². The molecule has 1 fully saturated rings. The molecule has 166 valence electrons. The molecule has 5 nitrogen and oxygen atoms in total. The van der Waals surface area contributed by atoms with Crippen molar-refractivity contribution in [3.63, 3.8) is 0 Å². The first-order chi connectivity index (χ1) is 14.8. The van der Waals surface area contributed by atoms with Gasteiger partial charge in [0.05, 0.1) is 10.0 Å². The average Bonchev–Trinajstić information content (AvgIpc) is 3.26. The highest BCUT2D eigenvalue weighted by atomic mass is 35.5. The Kier molecular flexibility index (Phi) is 8.15. The van der Waals surface area contributed by atoms with Crippen LogP contribution in [0.4, 0.5) is 4.39 Å². The van der Waals surface area contributed by atoms with Gasteiger partial charge in [0.15, 0.2) is 18.2 Å². The van der Waals surface area contributed by atoms with Crippen LogP contribution in [0.25, 0.3) is 0 Å². The van der Waals surface area contributed by atoms with Crippen LogP contribution in [0.5, 0.6) is 5.75 Å². The summed E-state index contributed by atoms with van der Waals surface area (Å²) in [7, 11) is 0. The summed E-state index contributed by atoms with van der Waals surface area (Å²) in [6.07, 6.45) is 4.05. The molecule has 0 aromatic heterocycles. The minimum atomic E-state index is -0.744. The molecule has 0 unspecified atom stereocenters. The number of para-hydroxylation sites is 1. The van der Waals surface area contributed by atoms with E-state index in [2.05, 4.69) is 5.32 Å². The van der Waals surface area contributed by atoms with Crippen molar-refractivity contribution in [3.8, 4) is 5.75 Å². The Balaban J connectivity index is 1.74. The second kappa shape index (κ2) is 10.8. The van der Waals surface area contributed by atoms with Crippen molar-refractivity contribution in [3.05, 3.63) is 63.9 Å². The predicted octanol–water partition coefficient (Wildman–Crippen LogP) is 4.99. The number of ether oxygens (including phenoxy) is 1. The lowest BCUT2D eigenvalue weighted by Gasteiger charge is -2.29. The molecule has 0 heterocycles. The molecule has 2 amide bonds. The van der Waals surface area contributed by atoms with Crippen LogP contribution in [-0.4, -0.2) is 35.4 Å². The SMILES string of the molecule is C[C@H](C(=O)NC1CCCC1)N(Cc1ccc(Cl)c(Cl)c1)C(=O)COc1ccccc1F. The third kappa shape index (κ3) is 6.34. The molecule has 1 aliphatic carbocycles. The summed E-state index contributed by atoms with van der Waals surface area (Å²) in [6.45, 7) is 1.40. The zero-order chi connectivity index (χ0) is 22.4. The van der Waals surface area contributed by atoms with Crippen molar-refractivity contribution in [2.45, 2.75) is 51.2 Å². The van der Waals surface area contributed by atoms with Crippen LogP contribution >= 0.6 is 23.2 Å². The smallest absolute Gasteiger partial charge is 0.261 e. The topological polar surface area (TPSA) is 58.6 Å². The maximum absolute atomic E-state index is 13.8. The van der Waals surface area contributed by atoms with Gasteiger partial charge in [0.2, 0.25) is 5.91 Å². The molecule has 1 N–H and O–H groups in total. The van der Waals surface area contributed by atoms with Gasteiger partial charge in [0, 0.05) is 12.6 Å². The largest absolute Gasteiger partial charge is 0.481 e. The lowest BCUT2D eigenvalue weighted by atomic mass is 10.1. The maximum atomic E-state index is 13.8. The molecule has 1 atom stereocenters. The number of carbonyl (C=O) groups excluding carboxylic acids is 2. The number of halogens is 3. The van der Waals surface area contributed by atoms with Gasteiger partial charge in [-0.15, -0.1) is 0 Å². The number of hydrogen-bond acceptors (Lipinski definition) is 3. The average molecular weight is 467 g/mol. The molecule has 2 aromatic carbocycles. The van der Waals surface area contributed by atoms with Crippen molar-refractivity contribution >= 4 is 35.0 Å². The van der Waals surface area contributed by atoms with Gasteiger partial charge in [-0.05, 0) is 49.6 Å². The lowest BCUT2D eigenvalue weighted by Crippen LogP contribution is -2.50. The fraction of sp³-hybridized carbons (Fsp3) is 0.391. The van der Waals surface area contributed by atoms with Crippen molar-refractivity contribution < 1.29 is 18.7 Å². The van der Waals surface area contributed by atoms with Gasteiger partial charge < -0.3 is 15.0 Å². The van der Waals surface area contributed by atoms with E-state index in [1.807, 2.05) is 0 Å². The Labute approximate surface area is 191 Å². The number of hydrogen-bond donors (Lipinski definition) is 1. The molecule has 1 saturated carbocycles. The van der Waals surface area contributed by atoms with E-state index < -0.39 is 24.4 Å². The van der Waals surface area contributed by atoms with Crippen LogP contribution in [0.2, 0.25) is 10.0 Å². The van der Waals surface area contributed by atoms with Crippen LogP contribution in [0.15, 0.2) is 42.5 Å². The van der Waals surface area contributed by atoms with E-state index in [1.165, 1.54) is 23.1 Å². The van der Waals surface area contributed by atoms with Crippen molar-refractivity contribution in [2.75, 3.05) is 6.61 Å². The van der Waals surface area contributed by atoms with Gasteiger partial charge >= 0.3 is 0 Å². The number of amides is 2. The maximum Gasteiger partial charge on any atom is 0.261 e. The molecule has 1 aliphatic rings. The quantitative estimate of drug-likeness (QED) is 0.596. The van der Waals surface area contributed by atoms with E-state index in [-0.39, 0.29) is 24.2 Å². The highest BCUT2D eigenvalue weighted by molar-refractivity contribution is 6.42. The molecule has 0 spiro atoms. The van der Waals surface area contributed by atoms with Gasteiger partial charge in [0.25, 0.3) is 5.91 Å². The summed E-state index contributed by atoms with van der Waals surface area (Å²) < 4.78 is 19.2. The standard InChI is InChI=1S/C23H25Cl2FN2O3/c1-15(23(30)27-17-6-2-3-7-17)28(13-16-10-11-18(24)19(25)12-16)22(29)14-31-21-9-5-4-8-20(21)26/h4-5,8-12,15,17H,2-3,6-7,13-14H2,1H3,(H,27,30)/t15-/m1/s1. The van der Waals surface area contributed by atoms with E-state index in [0.29, 0.717) is 15.6 Å². The summed E-state index contributed by atoms with van der Waals surface area (Å²) in [5, 5.41) is 3.78. The third-order valence-electron chi connectivity index (χ3n) is 5.39. The highest BCUT2D eigenvalue weighted by Crippen LogP contribution is 2.24. The van der Waals surface area contributed by atoms with Crippen LogP contribution in [-0.2, 0) is 16.1 Å². The Morgan fingerprint density at radius 2 is 1.87 bits per heavy atom. The van der Waals surface area contributed by atoms with E-state index in [1.54, 1.807) is 31.2 Å². The Morgan fingerprint density at radius 3 is 2.55 bits per heavy atom. The number of carbonyl (C=O) groups is 2. The first-order valence-electron chi connectivity index (χ1n) is 10.3. The molecule has 31 heavy (non-hydrogen) atoms. The van der Waals surface area contributed by atoms with Crippen molar-refractivity contribution in [1.82, 2.24) is 10.2 Å². The van der Waals surface area contributed by atoms with Crippen molar-refractivity contribution in [2.24, 2.45) is 0 Å². The minimum Gasteiger partial charge on any atom is -0.481 e. The highest BCUT2D eigenvalue weighted by Gasteiger charge is 2.29. The van der Waals surface area contributed by atoms with Gasteiger partial charge in [-0.2, -0.15) is 0 Å². The molecule has 0 bridgehead atoms. The second-order valence-electron chi connectivity index (χ2n) is 7.66. The number of rotatable bonds is 8. The number of nitrogens with zero attached hydrogens (tertiary/aromatic N) is 1. The van der Waals surface area contributed by atoms with Gasteiger partial charge in [-0.25, -0.2) is 4.39 Å². The monoisotopic (exact) mass is 466 g/mol. The third-order valence-corrected chi connectivity index (χ3v) is 6.13. The van der Waals surface area contributed by atoms with Crippen LogP contribution in [0, 0.1) is 5.82 Å². The van der Waals surface area contributed by atoms with E-state index in [0.717, 1.165) is 25.7 Å². The number of benzene rings is 2. The summed E-state index contributed by atoms with van der Waals surface area (Å²) >= 11 is 12.1. The number of nitrogens with one attached hydrogen (secondary N) is 1. The van der Waals surface area contributed by atoms with Crippen molar-refractivity contribution in [1.29, 1.82) is 0 Å². The molecular weight excluding hydrogens is 442 g/mol. The molecule has 8 heteroatoms. The molecule has 0 aliphatic heterocycles.